The van der Waals surface area contributed by atoms with Crippen molar-refractivity contribution in [2.75, 3.05) is 17.3 Å². The Hall–Kier alpha value is -6.51. The van der Waals surface area contributed by atoms with E-state index < -0.39 is 79.7 Å². The van der Waals surface area contributed by atoms with Crippen LogP contribution in [0.25, 0.3) is 11.0 Å². The first-order valence-corrected chi connectivity index (χ1v) is 16.7. The van der Waals surface area contributed by atoms with Gasteiger partial charge in [0.1, 0.15) is 32.9 Å². The van der Waals surface area contributed by atoms with Gasteiger partial charge in [0.25, 0.3) is 0 Å². The number of carbonyl (C=O) groups is 1. The normalized spacial score (nSPS) is 11.7. The predicted octanol–water partition coefficient (Wildman–Crippen LogP) is 6.58. The van der Waals surface area contributed by atoms with Gasteiger partial charge in [-0.3, -0.25) is 5.10 Å². The van der Waals surface area contributed by atoms with Crippen LogP contribution in [0.5, 0.6) is 35.1 Å². The molecule has 3 heterocycles. The second-order valence-electron chi connectivity index (χ2n) is 10.8. The molecule has 0 saturated heterocycles. The number of rotatable bonds is 11. The smallest absolute Gasteiger partial charge is 0.342 e. The summed E-state index contributed by atoms with van der Waals surface area (Å²) in [5.41, 5.74) is -0.239. The van der Waals surface area contributed by atoms with E-state index in [1.54, 1.807) is 6.92 Å². The third-order valence-electron chi connectivity index (χ3n) is 6.48. The van der Waals surface area contributed by atoms with Crippen LogP contribution < -0.4 is 19.5 Å². The number of hydrogen-bond donors (Lipinski definition) is 3. The van der Waals surface area contributed by atoms with Crippen molar-refractivity contribution >= 4 is 32.7 Å². The first-order valence-electron chi connectivity index (χ1n) is 14.7. The number of nitrogens with zero attached hydrogens (tertiary/aromatic N) is 5. The number of anilines is 1. The lowest BCUT2D eigenvalue weighted by molar-refractivity contribution is 0.0692. The molecule has 0 amide bonds. The largest absolute Gasteiger partial charge is 0.477 e. The number of sulfone groups is 1. The van der Waals surface area contributed by atoms with Crippen molar-refractivity contribution in [3.8, 4) is 35.1 Å². The highest BCUT2D eigenvalue weighted by molar-refractivity contribution is 7.90. The van der Waals surface area contributed by atoms with Crippen molar-refractivity contribution in [3.63, 3.8) is 0 Å². The Bertz CT molecular complexity index is 2420. The zero-order valence-corrected chi connectivity index (χ0v) is 27.8. The number of aromatic carboxylic acids is 1. The van der Waals surface area contributed by atoms with Gasteiger partial charge < -0.3 is 24.6 Å². The van der Waals surface area contributed by atoms with Crippen molar-refractivity contribution in [1.29, 1.82) is 0 Å². The second-order valence-corrected chi connectivity index (χ2v) is 13.0. The van der Waals surface area contributed by atoms with Crippen LogP contribution in [-0.2, 0) is 9.84 Å². The summed E-state index contributed by atoms with van der Waals surface area (Å²) in [6, 6.07) is 6.62. The Morgan fingerprint density at radius 3 is 1.77 bits per heavy atom. The van der Waals surface area contributed by atoms with E-state index in [0.29, 0.717) is 35.1 Å². The molecule has 6 rings (SSSR count). The lowest BCUT2D eigenvalue weighted by Crippen LogP contribution is -2.25. The number of carboxylic acids is 1. The molecular formula is C32H23F6N7O7S. The molecule has 0 bridgehead atoms. The molecule has 21 heteroatoms. The van der Waals surface area contributed by atoms with E-state index in [4.69, 9.17) is 19.3 Å². The Labute approximate surface area is 294 Å². The highest BCUT2D eigenvalue weighted by Crippen LogP contribution is 2.30. The SMILES string of the molecule is C[C@H](CS(C)(=O)=O)Nc1n[nH]c2nc(Oc3ccc(F)cc3F)ncc12.O=C(O)c1cnc(Oc2ccc(F)cc2F)nc1Oc1ccc(F)cc1F. The Kier molecular flexibility index (Phi) is 11.3. The van der Waals surface area contributed by atoms with Gasteiger partial charge in [-0.15, -0.1) is 0 Å². The summed E-state index contributed by atoms with van der Waals surface area (Å²) in [6.45, 7) is 1.71. The molecule has 3 aromatic carbocycles. The number of H-pyrrole nitrogens is 1. The number of ether oxygens (including phenoxy) is 3. The first kappa shape index (κ1) is 37.7. The Morgan fingerprint density at radius 1 is 0.792 bits per heavy atom. The number of aromatic nitrogens is 6. The van der Waals surface area contributed by atoms with Gasteiger partial charge in [0.05, 0.1) is 17.3 Å². The summed E-state index contributed by atoms with van der Waals surface area (Å²) < 4.78 is 118. The van der Waals surface area contributed by atoms with Crippen molar-refractivity contribution in [2.45, 2.75) is 13.0 Å². The van der Waals surface area contributed by atoms with Crippen LogP contribution in [0.15, 0.2) is 67.0 Å². The van der Waals surface area contributed by atoms with E-state index in [1.807, 2.05) is 0 Å². The number of fused-ring (bicyclic) bond motifs is 1. The van der Waals surface area contributed by atoms with E-state index in [2.05, 4.69) is 35.5 Å². The highest BCUT2D eigenvalue weighted by Gasteiger charge is 2.20. The maximum Gasteiger partial charge on any atom is 0.342 e. The third kappa shape index (κ3) is 10.1. The Morgan fingerprint density at radius 2 is 1.28 bits per heavy atom. The van der Waals surface area contributed by atoms with Gasteiger partial charge in [-0.2, -0.15) is 15.1 Å². The van der Waals surface area contributed by atoms with E-state index in [1.165, 1.54) is 6.20 Å². The average Bonchev–Trinajstić information content (AvgIpc) is 3.46. The molecule has 0 saturated carbocycles. The van der Waals surface area contributed by atoms with Crippen molar-refractivity contribution in [2.24, 2.45) is 0 Å². The number of aromatic amines is 1. The molecule has 0 radical (unpaired) electrons. The van der Waals surface area contributed by atoms with E-state index >= 15 is 0 Å². The second kappa shape index (κ2) is 15.8. The molecular weight excluding hydrogens is 740 g/mol. The fourth-order valence-electron chi connectivity index (χ4n) is 4.28. The monoisotopic (exact) mass is 763 g/mol. The Balaban J connectivity index is 0.000000204. The van der Waals surface area contributed by atoms with E-state index in [-0.39, 0.29) is 23.6 Å². The molecule has 0 fully saturated rings. The minimum atomic E-state index is -3.14. The minimum Gasteiger partial charge on any atom is -0.477 e. The van der Waals surface area contributed by atoms with Crippen LogP contribution in [0.2, 0.25) is 0 Å². The fraction of sp³-hybridized carbons (Fsp3) is 0.125. The summed E-state index contributed by atoms with van der Waals surface area (Å²) in [5.74, 6) is -8.40. The van der Waals surface area contributed by atoms with Gasteiger partial charge in [-0.05, 0) is 43.3 Å². The molecule has 3 N–H and O–H groups in total. The molecule has 6 aromatic rings. The minimum absolute atomic E-state index is 0.0623. The van der Waals surface area contributed by atoms with Crippen LogP contribution in [0, 0.1) is 34.9 Å². The third-order valence-corrected chi connectivity index (χ3v) is 7.59. The van der Waals surface area contributed by atoms with Gasteiger partial charge in [0.2, 0.25) is 5.88 Å². The quantitative estimate of drug-likeness (QED) is 0.120. The number of nitrogens with one attached hydrogen (secondary N) is 2. The molecule has 0 unspecified atom stereocenters. The molecule has 276 valence electrons. The van der Waals surface area contributed by atoms with Crippen LogP contribution in [0.4, 0.5) is 32.2 Å². The van der Waals surface area contributed by atoms with Crippen LogP contribution in [0.1, 0.15) is 17.3 Å². The molecule has 0 aliphatic heterocycles. The number of carboxylic acid groups (broad SMARTS) is 1. The molecule has 0 spiro atoms. The summed E-state index contributed by atoms with van der Waals surface area (Å²) >= 11 is 0. The van der Waals surface area contributed by atoms with Crippen molar-refractivity contribution in [3.05, 3.63) is 107 Å². The van der Waals surface area contributed by atoms with Crippen molar-refractivity contribution in [1.82, 2.24) is 30.1 Å². The predicted molar refractivity (Wildman–Crippen MR) is 173 cm³/mol. The summed E-state index contributed by atoms with van der Waals surface area (Å²) in [5, 5.41) is 19.3. The van der Waals surface area contributed by atoms with E-state index in [9.17, 15) is 39.6 Å². The molecule has 0 aliphatic carbocycles. The van der Waals surface area contributed by atoms with Crippen LogP contribution in [0.3, 0.4) is 0 Å². The molecule has 3 aromatic heterocycles. The zero-order chi connectivity index (χ0) is 38.4. The molecule has 0 aliphatic rings. The number of benzene rings is 3. The molecule has 1 atom stereocenters. The van der Waals surface area contributed by atoms with E-state index in [0.717, 1.165) is 48.9 Å². The summed E-state index contributed by atoms with van der Waals surface area (Å²) in [6.07, 6.45) is 3.34. The lowest BCUT2D eigenvalue weighted by atomic mass is 10.3. The zero-order valence-electron chi connectivity index (χ0n) is 26.9. The molecule has 53 heavy (non-hydrogen) atoms. The van der Waals surface area contributed by atoms with Crippen molar-refractivity contribution < 1.29 is 58.9 Å². The van der Waals surface area contributed by atoms with Gasteiger partial charge in [-0.25, -0.2) is 49.5 Å². The molecule has 14 nitrogen and oxygen atoms in total. The maximum absolute atomic E-state index is 13.7. The van der Waals surface area contributed by atoms with Gasteiger partial charge >= 0.3 is 18.0 Å². The standard InChI is InChI=1S/C17H8F4N2O4.C15H15F2N5O3S/c18-8-1-3-13(11(20)5-8)26-15-10(16(24)25)7-22-17(23-15)27-14-4-2-9(19)6-12(14)21;1-8(7-26(2,23)24)19-13-10-6-18-15(20-14(10)22-21-13)25-12-4-3-9(16)5-11(12)17/h1-7H,(H,24,25);3-6,8H,7H2,1-2H3,(H2,18,19,20,21,22)/t;8-/m.1/s1. The maximum atomic E-state index is 13.7. The number of hydrogen-bond acceptors (Lipinski definition) is 12. The first-order chi connectivity index (χ1) is 25.0. The van der Waals surface area contributed by atoms with Gasteiger partial charge in [0.15, 0.2) is 46.2 Å². The summed E-state index contributed by atoms with van der Waals surface area (Å²) in [7, 11) is -3.14. The highest BCUT2D eigenvalue weighted by atomic mass is 32.2. The van der Waals surface area contributed by atoms with Gasteiger partial charge in [-0.1, -0.05) is 0 Å². The van der Waals surface area contributed by atoms with Crippen LogP contribution in [-0.4, -0.2) is 67.7 Å². The average molecular weight is 764 g/mol. The fourth-order valence-corrected chi connectivity index (χ4v) is 5.27. The summed E-state index contributed by atoms with van der Waals surface area (Å²) in [4.78, 5) is 26.5. The van der Waals surface area contributed by atoms with Crippen LogP contribution >= 0.6 is 0 Å². The van der Waals surface area contributed by atoms with Gasteiger partial charge in [0, 0.05) is 36.7 Å². The topological polar surface area (TPSA) is 191 Å². The number of halogens is 6. The lowest BCUT2D eigenvalue weighted by Gasteiger charge is -2.11.